The predicted octanol–water partition coefficient (Wildman–Crippen LogP) is 1.58. The minimum absolute atomic E-state index is 0.145. The van der Waals surface area contributed by atoms with Gasteiger partial charge in [-0.25, -0.2) is 0 Å². The van der Waals surface area contributed by atoms with Crippen LogP contribution in [0.1, 0.15) is 23.2 Å². The fourth-order valence-electron chi connectivity index (χ4n) is 1.65. The van der Waals surface area contributed by atoms with Crippen molar-refractivity contribution in [3.8, 4) is 5.75 Å². The standard InChI is InChI=1S/C12H12O4/c1-15-9-4-2-8(3-5-9)12(14)10-6-7-11(13)16-10/h2-5,10H,6-7H2,1H3/t10-/m1/s1. The maximum atomic E-state index is 11.9. The van der Waals surface area contributed by atoms with Crippen molar-refractivity contribution in [1.82, 2.24) is 0 Å². The average Bonchev–Trinajstić information content (AvgIpc) is 2.75. The Morgan fingerprint density at radius 1 is 1.38 bits per heavy atom. The number of Topliss-reactive ketones (excluding diaryl/α,β-unsaturated/α-hetero) is 1. The number of ketones is 1. The lowest BCUT2D eigenvalue weighted by Gasteiger charge is -2.08. The van der Waals surface area contributed by atoms with Crippen LogP contribution in [0, 0.1) is 0 Å². The minimum atomic E-state index is -0.610. The highest BCUT2D eigenvalue weighted by atomic mass is 16.6. The van der Waals surface area contributed by atoms with Crippen molar-refractivity contribution in [3.63, 3.8) is 0 Å². The molecule has 1 saturated heterocycles. The van der Waals surface area contributed by atoms with Crippen LogP contribution in [0.25, 0.3) is 0 Å². The summed E-state index contributed by atoms with van der Waals surface area (Å²) in [5.74, 6) is 0.250. The number of esters is 1. The van der Waals surface area contributed by atoms with E-state index in [1.165, 1.54) is 0 Å². The number of hydrogen-bond donors (Lipinski definition) is 0. The number of benzene rings is 1. The van der Waals surface area contributed by atoms with Crippen molar-refractivity contribution in [3.05, 3.63) is 29.8 Å². The van der Waals surface area contributed by atoms with E-state index in [4.69, 9.17) is 9.47 Å². The molecule has 84 valence electrons. The highest BCUT2D eigenvalue weighted by Gasteiger charge is 2.30. The second-order valence-corrected chi connectivity index (χ2v) is 3.61. The van der Waals surface area contributed by atoms with E-state index in [2.05, 4.69) is 0 Å². The fraction of sp³-hybridized carbons (Fsp3) is 0.333. The number of carbonyl (C=O) groups is 2. The molecule has 0 unspecified atom stereocenters. The molecule has 1 aromatic carbocycles. The molecule has 1 fully saturated rings. The number of methoxy groups -OCH3 is 1. The summed E-state index contributed by atoms with van der Waals surface area (Å²) in [6, 6.07) is 6.77. The Balaban J connectivity index is 2.11. The van der Waals surface area contributed by atoms with E-state index in [0.29, 0.717) is 24.2 Å². The van der Waals surface area contributed by atoms with Gasteiger partial charge in [0.05, 0.1) is 7.11 Å². The van der Waals surface area contributed by atoms with E-state index in [1.807, 2.05) is 0 Å². The van der Waals surface area contributed by atoms with Crippen LogP contribution in [-0.4, -0.2) is 25.0 Å². The maximum absolute atomic E-state index is 11.9. The van der Waals surface area contributed by atoms with Gasteiger partial charge in [-0.2, -0.15) is 0 Å². The zero-order chi connectivity index (χ0) is 11.5. The summed E-state index contributed by atoms with van der Waals surface area (Å²) in [6.07, 6.45) is 0.192. The molecule has 4 nitrogen and oxygen atoms in total. The van der Waals surface area contributed by atoms with Crippen LogP contribution in [0.15, 0.2) is 24.3 Å². The van der Waals surface area contributed by atoms with Crippen LogP contribution in [-0.2, 0) is 9.53 Å². The first-order chi connectivity index (χ1) is 7.70. The molecule has 1 aromatic rings. The summed E-state index contributed by atoms with van der Waals surface area (Å²) in [5.41, 5.74) is 0.542. The zero-order valence-electron chi connectivity index (χ0n) is 8.93. The van der Waals surface area contributed by atoms with Gasteiger partial charge < -0.3 is 9.47 Å². The molecule has 0 aromatic heterocycles. The summed E-state index contributed by atoms with van der Waals surface area (Å²) in [5, 5.41) is 0. The van der Waals surface area contributed by atoms with Gasteiger partial charge >= 0.3 is 5.97 Å². The Hall–Kier alpha value is -1.84. The SMILES string of the molecule is COc1ccc(C(=O)[C@H]2CCC(=O)O2)cc1. The molecular formula is C12H12O4. The third-order valence-electron chi connectivity index (χ3n) is 2.55. The summed E-state index contributed by atoms with van der Waals surface area (Å²) < 4.78 is 9.91. The van der Waals surface area contributed by atoms with Crippen LogP contribution in [0.3, 0.4) is 0 Å². The van der Waals surface area contributed by atoms with Crippen molar-refractivity contribution >= 4 is 11.8 Å². The van der Waals surface area contributed by atoms with Gasteiger partial charge in [-0.1, -0.05) is 0 Å². The van der Waals surface area contributed by atoms with Crippen LogP contribution in [0.2, 0.25) is 0 Å². The van der Waals surface area contributed by atoms with E-state index >= 15 is 0 Å². The van der Waals surface area contributed by atoms with Crippen LogP contribution in [0.4, 0.5) is 0 Å². The molecular weight excluding hydrogens is 208 g/mol. The minimum Gasteiger partial charge on any atom is -0.497 e. The van der Waals surface area contributed by atoms with Crippen LogP contribution < -0.4 is 4.74 Å². The molecule has 0 amide bonds. The smallest absolute Gasteiger partial charge is 0.306 e. The van der Waals surface area contributed by atoms with E-state index in [9.17, 15) is 9.59 Å². The van der Waals surface area contributed by atoms with Crippen LogP contribution in [0.5, 0.6) is 5.75 Å². The highest BCUT2D eigenvalue weighted by molar-refractivity contribution is 6.01. The number of hydrogen-bond acceptors (Lipinski definition) is 4. The molecule has 0 radical (unpaired) electrons. The molecule has 0 spiro atoms. The van der Waals surface area contributed by atoms with Gasteiger partial charge in [0.15, 0.2) is 6.10 Å². The molecule has 0 aliphatic carbocycles. The first kappa shape index (κ1) is 10.7. The van der Waals surface area contributed by atoms with Gasteiger partial charge in [0, 0.05) is 18.4 Å². The van der Waals surface area contributed by atoms with Crippen molar-refractivity contribution in [2.24, 2.45) is 0 Å². The topological polar surface area (TPSA) is 52.6 Å². The fourth-order valence-corrected chi connectivity index (χ4v) is 1.65. The number of rotatable bonds is 3. The van der Waals surface area contributed by atoms with Gasteiger partial charge in [0.25, 0.3) is 0 Å². The Bertz CT molecular complexity index is 408. The van der Waals surface area contributed by atoms with Gasteiger partial charge in [0.1, 0.15) is 5.75 Å². The van der Waals surface area contributed by atoms with Crippen molar-refractivity contribution in [2.75, 3.05) is 7.11 Å². The third-order valence-corrected chi connectivity index (χ3v) is 2.55. The van der Waals surface area contributed by atoms with Crippen molar-refractivity contribution in [1.29, 1.82) is 0 Å². The number of cyclic esters (lactones) is 1. The lowest BCUT2D eigenvalue weighted by Crippen LogP contribution is -2.20. The molecule has 0 N–H and O–H groups in total. The molecule has 0 bridgehead atoms. The van der Waals surface area contributed by atoms with E-state index < -0.39 is 6.10 Å². The van der Waals surface area contributed by atoms with Crippen molar-refractivity contribution in [2.45, 2.75) is 18.9 Å². The number of carbonyl (C=O) groups excluding carboxylic acids is 2. The lowest BCUT2D eigenvalue weighted by molar-refractivity contribution is -0.140. The lowest BCUT2D eigenvalue weighted by atomic mass is 10.0. The second-order valence-electron chi connectivity index (χ2n) is 3.61. The normalized spacial score (nSPS) is 19.3. The van der Waals surface area contributed by atoms with Crippen molar-refractivity contribution < 1.29 is 19.1 Å². The first-order valence-corrected chi connectivity index (χ1v) is 5.08. The Morgan fingerprint density at radius 2 is 2.06 bits per heavy atom. The Kier molecular flexibility index (Phi) is 2.90. The molecule has 1 atom stereocenters. The molecule has 2 rings (SSSR count). The summed E-state index contributed by atoms with van der Waals surface area (Å²) in [4.78, 5) is 22.8. The monoisotopic (exact) mass is 220 g/mol. The zero-order valence-corrected chi connectivity index (χ0v) is 8.93. The van der Waals surface area contributed by atoms with Gasteiger partial charge in [0.2, 0.25) is 5.78 Å². The molecule has 1 aliphatic rings. The Morgan fingerprint density at radius 3 is 2.56 bits per heavy atom. The highest BCUT2D eigenvalue weighted by Crippen LogP contribution is 2.20. The van der Waals surface area contributed by atoms with Gasteiger partial charge in [-0.15, -0.1) is 0 Å². The molecule has 4 heteroatoms. The summed E-state index contributed by atoms with van der Waals surface area (Å²) in [7, 11) is 1.57. The van der Waals surface area contributed by atoms with E-state index in [0.717, 1.165) is 0 Å². The molecule has 16 heavy (non-hydrogen) atoms. The predicted molar refractivity (Wildman–Crippen MR) is 56.4 cm³/mol. The third kappa shape index (κ3) is 2.05. The van der Waals surface area contributed by atoms with Gasteiger partial charge in [-0.05, 0) is 24.3 Å². The molecule has 1 aliphatic heterocycles. The Labute approximate surface area is 93.2 Å². The maximum Gasteiger partial charge on any atom is 0.306 e. The van der Waals surface area contributed by atoms with Crippen LogP contribution >= 0.6 is 0 Å². The summed E-state index contributed by atoms with van der Waals surface area (Å²) in [6.45, 7) is 0. The van der Waals surface area contributed by atoms with E-state index in [1.54, 1.807) is 31.4 Å². The second kappa shape index (κ2) is 4.35. The largest absolute Gasteiger partial charge is 0.497 e. The first-order valence-electron chi connectivity index (χ1n) is 5.08. The molecule has 1 heterocycles. The summed E-state index contributed by atoms with van der Waals surface area (Å²) >= 11 is 0. The average molecular weight is 220 g/mol. The quantitative estimate of drug-likeness (QED) is 0.573. The number of ether oxygens (including phenoxy) is 2. The van der Waals surface area contributed by atoms with E-state index in [-0.39, 0.29) is 11.8 Å². The van der Waals surface area contributed by atoms with Gasteiger partial charge in [-0.3, -0.25) is 9.59 Å². The molecule has 0 saturated carbocycles.